The van der Waals surface area contributed by atoms with Gasteiger partial charge in [0.05, 0.1) is 12.2 Å². The fourth-order valence-electron chi connectivity index (χ4n) is 1.99. The van der Waals surface area contributed by atoms with Gasteiger partial charge in [-0.1, -0.05) is 11.6 Å². The summed E-state index contributed by atoms with van der Waals surface area (Å²) in [5.41, 5.74) is 0.338. The van der Waals surface area contributed by atoms with E-state index in [1.165, 1.54) is 12.3 Å². The number of pyridine rings is 1. The zero-order valence-electron chi connectivity index (χ0n) is 12.9. The summed E-state index contributed by atoms with van der Waals surface area (Å²) in [6.45, 7) is -0.0838. The molecule has 1 N–H and O–H groups in total. The van der Waals surface area contributed by atoms with E-state index >= 15 is 0 Å². The van der Waals surface area contributed by atoms with Crippen LogP contribution in [0.3, 0.4) is 0 Å². The number of anilines is 1. The maximum Gasteiger partial charge on any atom is 0.374 e. The summed E-state index contributed by atoms with van der Waals surface area (Å²) in [5.74, 6) is -0.720. The first-order chi connectivity index (χ1) is 12.1. The lowest BCUT2D eigenvalue weighted by Crippen LogP contribution is -2.21. The molecule has 0 aliphatic carbocycles. The smallest absolute Gasteiger partial charge is 0.374 e. The van der Waals surface area contributed by atoms with Gasteiger partial charge in [-0.2, -0.15) is 5.10 Å². The molecule has 3 rings (SSSR count). The summed E-state index contributed by atoms with van der Waals surface area (Å²) >= 11 is 5.83. The predicted molar refractivity (Wildman–Crippen MR) is 88.2 cm³/mol. The van der Waals surface area contributed by atoms with Crippen LogP contribution in [0.4, 0.5) is 5.69 Å². The Balaban J connectivity index is 1.51. The summed E-state index contributed by atoms with van der Waals surface area (Å²) in [4.78, 5) is 27.6. The Morgan fingerprint density at radius 2 is 2.12 bits per heavy atom. The number of ether oxygens (including phenoxy) is 1. The van der Waals surface area contributed by atoms with Gasteiger partial charge in [0.2, 0.25) is 5.76 Å². The number of rotatable bonds is 6. The van der Waals surface area contributed by atoms with Crippen molar-refractivity contribution in [1.29, 1.82) is 0 Å². The molecule has 1 amide bonds. The fraction of sp³-hybridized carbons (Fsp3) is 0.125. The number of carbonyl (C=O) groups excluding carboxylic acids is 2. The Hall–Kier alpha value is -3.13. The molecule has 3 heterocycles. The van der Waals surface area contributed by atoms with Crippen molar-refractivity contribution in [2.45, 2.75) is 6.54 Å². The molecule has 8 nitrogen and oxygen atoms in total. The zero-order chi connectivity index (χ0) is 17.6. The van der Waals surface area contributed by atoms with Crippen molar-refractivity contribution in [3.8, 4) is 0 Å². The van der Waals surface area contributed by atoms with Gasteiger partial charge in [-0.25, -0.2) is 9.78 Å². The van der Waals surface area contributed by atoms with Crippen molar-refractivity contribution >= 4 is 29.2 Å². The van der Waals surface area contributed by atoms with E-state index in [2.05, 4.69) is 15.4 Å². The highest BCUT2D eigenvalue weighted by Gasteiger charge is 2.15. The number of aromatic nitrogens is 3. The molecule has 0 atom stereocenters. The van der Waals surface area contributed by atoms with Crippen LogP contribution in [0, 0.1) is 0 Å². The number of nitrogens with one attached hydrogen (secondary N) is 1. The zero-order valence-corrected chi connectivity index (χ0v) is 13.6. The van der Waals surface area contributed by atoms with E-state index in [1.54, 1.807) is 41.3 Å². The molecule has 0 bridgehead atoms. The van der Waals surface area contributed by atoms with Crippen LogP contribution in [0.15, 0.2) is 53.3 Å². The molecule has 25 heavy (non-hydrogen) atoms. The van der Waals surface area contributed by atoms with Crippen LogP contribution in [0.5, 0.6) is 0 Å². The van der Waals surface area contributed by atoms with E-state index in [0.29, 0.717) is 18.0 Å². The van der Waals surface area contributed by atoms with E-state index in [0.717, 1.165) is 0 Å². The standard InChI is InChI=1S/C16H13ClN4O4/c17-15-12(3-1-6-18-15)20-14(22)10-24-16(23)13-5-4-11(25-13)9-21-8-2-7-19-21/h1-8H,9-10H2,(H,20,22). The average Bonchev–Trinajstić information content (AvgIpc) is 3.27. The van der Waals surface area contributed by atoms with Crippen LogP contribution in [0.2, 0.25) is 5.15 Å². The number of halogens is 1. The van der Waals surface area contributed by atoms with Gasteiger partial charge < -0.3 is 14.5 Å². The van der Waals surface area contributed by atoms with Gasteiger partial charge in [-0.3, -0.25) is 9.48 Å². The maximum absolute atomic E-state index is 11.9. The van der Waals surface area contributed by atoms with E-state index in [1.807, 2.05) is 0 Å². The Bertz CT molecular complexity index is 876. The van der Waals surface area contributed by atoms with Crippen LogP contribution < -0.4 is 5.32 Å². The molecule has 3 aromatic heterocycles. The third-order valence-corrected chi connectivity index (χ3v) is 3.41. The maximum atomic E-state index is 11.9. The summed E-state index contributed by atoms with van der Waals surface area (Å²) in [6.07, 6.45) is 4.91. The summed E-state index contributed by atoms with van der Waals surface area (Å²) in [7, 11) is 0. The molecule has 0 spiro atoms. The molecule has 0 unspecified atom stereocenters. The summed E-state index contributed by atoms with van der Waals surface area (Å²) in [6, 6.07) is 8.12. The number of hydrogen-bond donors (Lipinski definition) is 1. The molecular weight excluding hydrogens is 348 g/mol. The van der Waals surface area contributed by atoms with Crippen molar-refractivity contribution < 1.29 is 18.7 Å². The minimum Gasteiger partial charge on any atom is -0.452 e. The first-order valence-corrected chi connectivity index (χ1v) is 7.63. The molecule has 128 valence electrons. The van der Waals surface area contributed by atoms with Gasteiger partial charge in [0.25, 0.3) is 5.91 Å². The van der Waals surface area contributed by atoms with Crippen molar-refractivity contribution in [2.75, 3.05) is 11.9 Å². The van der Waals surface area contributed by atoms with Crippen molar-refractivity contribution in [3.63, 3.8) is 0 Å². The topological polar surface area (TPSA) is 99.3 Å². The number of furan rings is 1. The molecule has 0 aliphatic heterocycles. The van der Waals surface area contributed by atoms with Gasteiger partial charge in [-0.05, 0) is 30.3 Å². The molecule has 9 heteroatoms. The van der Waals surface area contributed by atoms with Crippen LogP contribution in [-0.4, -0.2) is 33.2 Å². The molecule has 3 aromatic rings. The third-order valence-electron chi connectivity index (χ3n) is 3.11. The highest BCUT2D eigenvalue weighted by Crippen LogP contribution is 2.17. The fourth-order valence-corrected chi connectivity index (χ4v) is 2.16. The van der Waals surface area contributed by atoms with Crippen molar-refractivity contribution in [1.82, 2.24) is 14.8 Å². The summed E-state index contributed by atoms with van der Waals surface area (Å²) < 4.78 is 12.0. The second-order valence-corrected chi connectivity index (χ2v) is 5.29. The van der Waals surface area contributed by atoms with Crippen molar-refractivity contribution in [3.05, 3.63) is 65.6 Å². The van der Waals surface area contributed by atoms with E-state index < -0.39 is 18.5 Å². The normalized spacial score (nSPS) is 10.4. The Morgan fingerprint density at radius 1 is 1.24 bits per heavy atom. The van der Waals surface area contributed by atoms with Gasteiger partial charge >= 0.3 is 5.97 Å². The monoisotopic (exact) mass is 360 g/mol. The van der Waals surface area contributed by atoms with Gasteiger partial charge in [-0.15, -0.1) is 0 Å². The first-order valence-electron chi connectivity index (χ1n) is 7.25. The van der Waals surface area contributed by atoms with Gasteiger partial charge in [0.1, 0.15) is 5.76 Å². The predicted octanol–water partition coefficient (Wildman–Crippen LogP) is 2.37. The lowest BCUT2D eigenvalue weighted by atomic mass is 10.4. The van der Waals surface area contributed by atoms with Crippen LogP contribution in [0.1, 0.15) is 16.3 Å². The number of nitrogens with zero attached hydrogens (tertiary/aromatic N) is 3. The van der Waals surface area contributed by atoms with E-state index in [4.69, 9.17) is 20.8 Å². The van der Waals surface area contributed by atoms with Crippen LogP contribution in [-0.2, 0) is 16.1 Å². The largest absolute Gasteiger partial charge is 0.452 e. The lowest BCUT2D eigenvalue weighted by Gasteiger charge is -2.06. The average molecular weight is 361 g/mol. The Labute approximate surface area is 147 Å². The minimum atomic E-state index is -0.737. The van der Waals surface area contributed by atoms with E-state index in [9.17, 15) is 9.59 Å². The quantitative estimate of drug-likeness (QED) is 0.535. The number of amides is 1. The molecule has 0 saturated heterocycles. The van der Waals surface area contributed by atoms with Crippen molar-refractivity contribution in [2.24, 2.45) is 0 Å². The van der Waals surface area contributed by atoms with Gasteiger partial charge in [0, 0.05) is 18.6 Å². The molecule has 0 saturated carbocycles. The second-order valence-electron chi connectivity index (χ2n) is 4.94. The number of hydrogen-bond acceptors (Lipinski definition) is 6. The molecule has 0 aliphatic rings. The van der Waals surface area contributed by atoms with Crippen LogP contribution >= 0.6 is 11.6 Å². The molecule has 0 radical (unpaired) electrons. The highest BCUT2D eigenvalue weighted by atomic mass is 35.5. The van der Waals surface area contributed by atoms with Crippen LogP contribution in [0.25, 0.3) is 0 Å². The highest BCUT2D eigenvalue weighted by molar-refractivity contribution is 6.32. The SMILES string of the molecule is O=C(COC(=O)c1ccc(Cn2cccn2)o1)Nc1cccnc1Cl. The van der Waals surface area contributed by atoms with Gasteiger partial charge in [0.15, 0.2) is 11.8 Å². The lowest BCUT2D eigenvalue weighted by molar-refractivity contribution is -0.119. The Kier molecular flexibility index (Phi) is 5.10. The second kappa shape index (κ2) is 7.63. The minimum absolute atomic E-state index is 0.00867. The summed E-state index contributed by atoms with van der Waals surface area (Å²) in [5, 5.41) is 6.69. The third kappa shape index (κ3) is 4.45. The molecular formula is C16H13ClN4O4. The first kappa shape index (κ1) is 16.7. The van der Waals surface area contributed by atoms with E-state index in [-0.39, 0.29) is 10.9 Å². The number of carbonyl (C=O) groups is 2. The number of esters is 1. The molecule has 0 fully saturated rings. The molecule has 0 aromatic carbocycles. The Morgan fingerprint density at radius 3 is 2.88 bits per heavy atom.